The van der Waals surface area contributed by atoms with Crippen LogP contribution in [0.5, 0.6) is 0 Å². The van der Waals surface area contributed by atoms with Gasteiger partial charge in [-0.05, 0) is 51.9 Å². The molecule has 1 heterocycles. The quantitative estimate of drug-likeness (QED) is 0.421. The first kappa shape index (κ1) is 21.3. The topological polar surface area (TPSA) is 54.2 Å². The fourth-order valence-electron chi connectivity index (χ4n) is 3.26. The zero-order valence-corrected chi connectivity index (χ0v) is 18.4. The smallest absolute Gasteiger partial charge is 0.191 e. The summed E-state index contributed by atoms with van der Waals surface area (Å²) >= 11 is 0. The highest BCUT2D eigenvalue weighted by atomic mass is 127. The van der Waals surface area contributed by atoms with Crippen molar-refractivity contribution in [2.45, 2.75) is 72.9 Å². The Labute approximate surface area is 164 Å². The molecule has 0 spiro atoms. The predicted molar refractivity (Wildman–Crippen MR) is 112 cm³/mol. The van der Waals surface area contributed by atoms with Crippen molar-refractivity contribution in [3.63, 3.8) is 0 Å². The van der Waals surface area contributed by atoms with Gasteiger partial charge >= 0.3 is 0 Å². The first-order valence-electron chi connectivity index (χ1n) is 8.86. The molecule has 2 rings (SSSR count). The molecular weight excluding hydrogens is 413 g/mol. The Balaban J connectivity index is 0.00000288. The highest BCUT2D eigenvalue weighted by Crippen LogP contribution is 2.34. The summed E-state index contributed by atoms with van der Waals surface area (Å²) in [6, 6.07) is 0.539. The van der Waals surface area contributed by atoms with Crippen LogP contribution in [-0.4, -0.2) is 28.3 Å². The molecule has 1 aliphatic rings. The number of rotatable bonds is 4. The van der Waals surface area contributed by atoms with Gasteiger partial charge in [-0.25, -0.2) is 4.99 Å². The van der Waals surface area contributed by atoms with E-state index in [2.05, 4.69) is 50.4 Å². The molecular formula is C18H34IN5. The first-order valence-corrected chi connectivity index (χ1v) is 8.86. The number of nitrogens with zero attached hydrogens (tertiary/aromatic N) is 3. The van der Waals surface area contributed by atoms with Crippen LogP contribution in [0.1, 0.15) is 63.4 Å². The summed E-state index contributed by atoms with van der Waals surface area (Å²) in [7, 11) is 1.99. The average molecular weight is 447 g/mol. The Morgan fingerprint density at radius 2 is 1.92 bits per heavy atom. The molecule has 24 heavy (non-hydrogen) atoms. The largest absolute Gasteiger partial charge is 0.357 e. The van der Waals surface area contributed by atoms with Crippen LogP contribution in [0.25, 0.3) is 0 Å². The maximum atomic E-state index is 4.79. The number of guanidine groups is 1. The molecule has 0 bridgehead atoms. The van der Waals surface area contributed by atoms with Crippen molar-refractivity contribution in [3.8, 4) is 0 Å². The van der Waals surface area contributed by atoms with Crippen molar-refractivity contribution in [1.29, 1.82) is 0 Å². The van der Waals surface area contributed by atoms with Gasteiger partial charge in [0.05, 0.1) is 12.2 Å². The van der Waals surface area contributed by atoms with Gasteiger partial charge in [0, 0.05) is 30.9 Å². The molecule has 1 aromatic rings. The van der Waals surface area contributed by atoms with Crippen molar-refractivity contribution in [2.75, 3.05) is 6.54 Å². The summed E-state index contributed by atoms with van der Waals surface area (Å²) in [5.41, 5.74) is 4.00. The van der Waals surface area contributed by atoms with Gasteiger partial charge in [0.1, 0.15) is 0 Å². The minimum absolute atomic E-state index is 0. The number of halogens is 1. The van der Waals surface area contributed by atoms with E-state index in [4.69, 9.17) is 4.99 Å². The number of aryl methyl sites for hydroxylation is 2. The molecule has 5 nitrogen and oxygen atoms in total. The van der Waals surface area contributed by atoms with E-state index < -0.39 is 0 Å². The maximum Gasteiger partial charge on any atom is 0.191 e. The zero-order chi connectivity index (χ0) is 17.0. The van der Waals surface area contributed by atoms with Crippen molar-refractivity contribution in [3.05, 3.63) is 17.0 Å². The first-order chi connectivity index (χ1) is 10.8. The van der Waals surface area contributed by atoms with Crippen LogP contribution in [0.2, 0.25) is 0 Å². The highest BCUT2D eigenvalue weighted by molar-refractivity contribution is 14.0. The van der Waals surface area contributed by atoms with Crippen LogP contribution >= 0.6 is 24.0 Å². The minimum Gasteiger partial charge on any atom is -0.357 e. The van der Waals surface area contributed by atoms with Crippen LogP contribution in [0.4, 0.5) is 0 Å². The van der Waals surface area contributed by atoms with Gasteiger partial charge < -0.3 is 10.6 Å². The number of hydrogen-bond acceptors (Lipinski definition) is 2. The molecule has 0 aromatic carbocycles. The molecule has 0 atom stereocenters. The van der Waals surface area contributed by atoms with Crippen LogP contribution < -0.4 is 10.6 Å². The van der Waals surface area contributed by atoms with E-state index in [1.54, 1.807) is 0 Å². The molecule has 1 saturated carbocycles. The molecule has 1 fully saturated rings. The van der Waals surface area contributed by atoms with Crippen molar-refractivity contribution in [1.82, 2.24) is 20.4 Å². The third-order valence-corrected chi connectivity index (χ3v) is 5.08. The Bertz CT molecular complexity index is 552. The summed E-state index contributed by atoms with van der Waals surface area (Å²) < 4.78 is 1.93. The molecule has 0 aliphatic heterocycles. The van der Waals surface area contributed by atoms with E-state index in [0.717, 1.165) is 18.2 Å². The van der Waals surface area contributed by atoms with Crippen LogP contribution in [0, 0.1) is 19.3 Å². The molecule has 0 amide bonds. The monoisotopic (exact) mass is 447 g/mol. The number of aliphatic imine (C=N–C) groups is 1. The van der Waals surface area contributed by atoms with Gasteiger partial charge in [0.25, 0.3) is 0 Å². The summed E-state index contributed by atoms with van der Waals surface area (Å²) in [6.45, 7) is 12.6. The number of nitrogens with one attached hydrogen (secondary N) is 2. The van der Waals surface area contributed by atoms with Crippen LogP contribution in [0.15, 0.2) is 4.99 Å². The lowest BCUT2D eigenvalue weighted by Gasteiger charge is -2.35. The van der Waals surface area contributed by atoms with Crippen LogP contribution in [0.3, 0.4) is 0 Å². The molecule has 0 radical (unpaired) electrons. The summed E-state index contributed by atoms with van der Waals surface area (Å²) in [4.78, 5) is 4.79. The summed E-state index contributed by atoms with van der Waals surface area (Å²) in [6.07, 6.45) is 5.01. The van der Waals surface area contributed by atoms with E-state index in [-0.39, 0.29) is 24.0 Å². The van der Waals surface area contributed by atoms with Gasteiger partial charge in [-0.15, -0.1) is 24.0 Å². The van der Waals surface area contributed by atoms with Crippen molar-refractivity contribution >= 4 is 29.9 Å². The van der Waals surface area contributed by atoms with E-state index >= 15 is 0 Å². The van der Waals surface area contributed by atoms with Gasteiger partial charge in [-0.1, -0.05) is 13.8 Å². The van der Waals surface area contributed by atoms with E-state index in [1.807, 2.05) is 11.7 Å². The second kappa shape index (κ2) is 9.06. The summed E-state index contributed by atoms with van der Waals surface area (Å²) in [5, 5.41) is 11.5. The molecule has 2 N–H and O–H groups in total. The maximum absolute atomic E-state index is 4.79. The average Bonchev–Trinajstić information content (AvgIpc) is 2.72. The molecule has 138 valence electrons. The predicted octanol–water partition coefficient (Wildman–Crippen LogP) is 3.68. The van der Waals surface area contributed by atoms with Gasteiger partial charge in [0.2, 0.25) is 0 Å². The van der Waals surface area contributed by atoms with Gasteiger partial charge in [-0.3, -0.25) is 4.68 Å². The molecule has 1 aliphatic carbocycles. The third kappa shape index (κ3) is 5.63. The molecule has 1 aromatic heterocycles. The normalized spacial score (nSPS) is 18.2. The zero-order valence-electron chi connectivity index (χ0n) is 16.1. The number of aromatic nitrogens is 2. The van der Waals surface area contributed by atoms with Crippen LogP contribution in [-0.2, 0) is 13.6 Å². The van der Waals surface area contributed by atoms with Crippen molar-refractivity contribution < 1.29 is 0 Å². The lowest BCUT2D eigenvalue weighted by atomic mass is 9.75. The number of hydrogen-bond donors (Lipinski definition) is 2. The lowest BCUT2D eigenvalue weighted by molar-refractivity contribution is 0.216. The third-order valence-electron chi connectivity index (χ3n) is 5.08. The van der Waals surface area contributed by atoms with E-state index in [9.17, 15) is 0 Å². The Morgan fingerprint density at radius 3 is 2.42 bits per heavy atom. The fourth-order valence-corrected chi connectivity index (χ4v) is 3.26. The Morgan fingerprint density at radius 1 is 1.29 bits per heavy atom. The lowest BCUT2D eigenvalue weighted by Crippen LogP contribution is -2.45. The Hall–Kier alpha value is -0.790. The molecule has 0 unspecified atom stereocenters. The van der Waals surface area contributed by atoms with Gasteiger partial charge in [0.15, 0.2) is 5.96 Å². The Kier molecular flexibility index (Phi) is 8.02. The molecule has 6 heteroatoms. The summed E-state index contributed by atoms with van der Waals surface area (Å²) in [5.74, 6) is 0.930. The SMILES string of the molecule is CCNC(=NCc1c(C)nn(C)c1C)NC1CCC(C)(C)CC1.I. The second-order valence-corrected chi connectivity index (χ2v) is 7.55. The van der Waals surface area contributed by atoms with Gasteiger partial charge in [-0.2, -0.15) is 5.10 Å². The minimum atomic E-state index is 0. The second-order valence-electron chi connectivity index (χ2n) is 7.55. The van der Waals surface area contributed by atoms with Crippen molar-refractivity contribution in [2.24, 2.45) is 17.5 Å². The highest BCUT2D eigenvalue weighted by Gasteiger charge is 2.27. The van der Waals surface area contributed by atoms with E-state index in [1.165, 1.54) is 36.9 Å². The molecule has 0 saturated heterocycles. The standard InChI is InChI=1S/C18H33N5.HI/c1-7-19-17(21-15-8-10-18(4,5)11-9-15)20-12-16-13(2)22-23(6)14(16)3;/h15H,7-12H2,1-6H3,(H2,19,20,21);1H. The fraction of sp³-hybridized carbons (Fsp3) is 0.778. The van der Waals surface area contributed by atoms with E-state index in [0.29, 0.717) is 18.0 Å².